The van der Waals surface area contributed by atoms with Crippen molar-refractivity contribution in [3.8, 4) is 0 Å². The first kappa shape index (κ1) is 20.6. The topological polar surface area (TPSA) is 104 Å². The van der Waals surface area contributed by atoms with E-state index in [-0.39, 0.29) is 28.8 Å². The summed E-state index contributed by atoms with van der Waals surface area (Å²) in [6.07, 6.45) is 0. The summed E-state index contributed by atoms with van der Waals surface area (Å²) in [6.45, 7) is 5.13. The molecule has 7 nitrogen and oxygen atoms in total. The molecule has 0 aliphatic carbocycles. The second kappa shape index (κ2) is 8.32. The normalized spacial score (nSPS) is 11.1. The van der Waals surface area contributed by atoms with E-state index in [1.165, 1.54) is 20.0 Å². The van der Waals surface area contributed by atoms with Gasteiger partial charge in [-0.05, 0) is 61.9 Å². The number of benzene rings is 2. The maximum atomic E-state index is 12.5. The number of hydrogen-bond acceptors (Lipinski definition) is 4. The molecule has 2 rings (SSSR count). The Morgan fingerprint density at radius 3 is 2.41 bits per heavy atom. The Bertz CT molecular complexity index is 984. The Hall–Kier alpha value is -2.71. The van der Waals surface area contributed by atoms with Crippen LogP contribution < -0.4 is 15.4 Å². The number of amides is 2. The molecule has 2 aromatic carbocycles. The van der Waals surface area contributed by atoms with Crippen LogP contribution in [0.15, 0.2) is 41.3 Å². The first-order valence-corrected chi connectivity index (χ1v) is 9.82. The highest BCUT2D eigenvalue weighted by Crippen LogP contribution is 2.21. The fourth-order valence-corrected chi connectivity index (χ4v) is 3.66. The van der Waals surface area contributed by atoms with Crippen molar-refractivity contribution in [3.05, 3.63) is 58.7 Å². The molecule has 0 aromatic heterocycles. The average molecular weight is 389 g/mol. The lowest BCUT2D eigenvalue weighted by molar-refractivity contribution is -0.114. The molecule has 0 radical (unpaired) electrons. The maximum Gasteiger partial charge on any atom is 0.251 e. The van der Waals surface area contributed by atoms with Crippen molar-refractivity contribution in [2.24, 2.45) is 0 Å². The summed E-state index contributed by atoms with van der Waals surface area (Å²) in [7, 11) is -2.33. The van der Waals surface area contributed by atoms with E-state index in [1.54, 1.807) is 38.1 Å². The minimum absolute atomic E-state index is 0.0859. The van der Waals surface area contributed by atoms with E-state index in [4.69, 9.17) is 0 Å². The molecule has 2 amide bonds. The van der Waals surface area contributed by atoms with Gasteiger partial charge in [0.2, 0.25) is 15.9 Å². The third-order valence-corrected chi connectivity index (χ3v) is 5.68. The van der Waals surface area contributed by atoms with E-state index in [0.29, 0.717) is 16.8 Å². The molecule has 0 heterocycles. The molecule has 0 aliphatic rings. The summed E-state index contributed by atoms with van der Waals surface area (Å²) in [5.74, 6) is -0.555. The van der Waals surface area contributed by atoms with Gasteiger partial charge < -0.3 is 10.6 Å². The number of nitrogens with one attached hydrogen (secondary N) is 3. The zero-order valence-corrected chi connectivity index (χ0v) is 16.5. The molecule has 0 spiro atoms. The summed E-state index contributed by atoms with van der Waals surface area (Å²) in [4.78, 5) is 23.7. The molecule has 8 heteroatoms. The number of sulfonamides is 1. The second-order valence-corrected chi connectivity index (χ2v) is 8.04. The highest BCUT2D eigenvalue weighted by atomic mass is 32.2. The number of hydrogen-bond donors (Lipinski definition) is 3. The summed E-state index contributed by atoms with van der Waals surface area (Å²) in [5.41, 5.74) is 3.03. The first-order valence-electron chi connectivity index (χ1n) is 8.33. The standard InChI is InChI=1S/C19H23N3O4S/c1-12-8-16(10-18(13(12)2)27(25,26)20-4)19(24)21-11-15-6-5-7-17(9-15)22-14(3)23/h5-10,20H,11H2,1-4H3,(H,21,24)(H,22,23). The van der Waals surface area contributed by atoms with Gasteiger partial charge in [0, 0.05) is 24.7 Å². The Balaban J connectivity index is 2.21. The number of rotatable bonds is 6. The van der Waals surface area contributed by atoms with Crippen LogP contribution in [0.2, 0.25) is 0 Å². The van der Waals surface area contributed by atoms with Gasteiger partial charge in [0.15, 0.2) is 0 Å². The van der Waals surface area contributed by atoms with Crippen LogP contribution in [0.1, 0.15) is 34.0 Å². The lowest BCUT2D eigenvalue weighted by atomic mass is 10.1. The van der Waals surface area contributed by atoms with Crippen LogP contribution in [0, 0.1) is 13.8 Å². The number of aryl methyl sites for hydroxylation is 1. The Morgan fingerprint density at radius 1 is 1.07 bits per heavy atom. The predicted octanol–water partition coefficient (Wildman–Crippen LogP) is 2.10. The third kappa shape index (κ3) is 5.15. The molecule has 0 fully saturated rings. The van der Waals surface area contributed by atoms with Crippen molar-refractivity contribution in [1.29, 1.82) is 0 Å². The van der Waals surface area contributed by atoms with E-state index in [2.05, 4.69) is 15.4 Å². The van der Waals surface area contributed by atoms with Gasteiger partial charge in [0.25, 0.3) is 5.91 Å². The summed E-state index contributed by atoms with van der Waals surface area (Å²) >= 11 is 0. The van der Waals surface area contributed by atoms with Crippen LogP contribution in [0.25, 0.3) is 0 Å². The van der Waals surface area contributed by atoms with Gasteiger partial charge in [0.05, 0.1) is 4.90 Å². The van der Waals surface area contributed by atoms with Crippen molar-refractivity contribution < 1.29 is 18.0 Å². The summed E-state index contributed by atoms with van der Waals surface area (Å²) < 4.78 is 26.6. The molecule has 0 saturated carbocycles. The van der Waals surface area contributed by atoms with Crippen molar-refractivity contribution >= 4 is 27.5 Å². The van der Waals surface area contributed by atoms with E-state index >= 15 is 0 Å². The molecule has 0 atom stereocenters. The van der Waals surface area contributed by atoms with Gasteiger partial charge >= 0.3 is 0 Å². The molecule has 27 heavy (non-hydrogen) atoms. The number of anilines is 1. The van der Waals surface area contributed by atoms with Gasteiger partial charge in [0.1, 0.15) is 0 Å². The number of carbonyl (C=O) groups is 2. The largest absolute Gasteiger partial charge is 0.348 e. The molecule has 3 N–H and O–H groups in total. The van der Waals surface area contributed by atoms with Crippen molar-refractivity contribution in [2.45, 2.75) is 32.2 Å². The van der Waals surface area contributed by atoms with Crippen molar-refractivity contribution in [3.63, 3.8) is 0 Å². The molecule has 0 aliphatic heterocycles. The Morgan fingerprint density at radius 2 is 1.78 bits per heavy atom. The highest BCUT2D eigenvalue weighted by Gasteiger charge is 2.19. The van der Waals surface area contributed by atoms with Crippen LogP contribution in [0.5, 0.6) is 0 Å². The Kier molecular flexibility index (Phi) is 6.35. The molecule has 144 valence electrons. The molecule has 0 unspecified atom stereocenters. The van der Waals surface area contributed by atoms with Gasteiger partial charge in [-0.1, -0.05) is 12.1 Å². The average Bonchev–Trinajstić information content (AvgIpc) is 2.61. The van der Waals surface area contributed by atoms with Crippen LogP contribution in [-0.4, -0.2) is 27.3 Å². The third-order valence-electron chi connectivity index (χ3n) is 4.14. The van der Waals surface area contributed by atoms with Gasteiger partial charge in [-0.25, -0.2) is 13.1 Å². The van der Waals surface area contributed by atoms with E-state index in [1.807, 2.05) is 6.07 Å². The smallest absolute Gasteiger partial charge is 0.251 e. The quantitative estimate of drug-likeness (QED) is 0.704. The molecule has 0 saturated heterocycles. The maximum absolute atomic E-state index is 12.5. The van der Waals surface area contributed by atoms with Crippen LogP contribution >= 0.6 is 0 Å². The van der Waals surface area contributed by atoms with Crippen LogP contribution in [-0.2, 0) is 21.4 Å². The van der Waals surface area contributed by atoms with E-state index < -0.39 is 10.0 Å². The lowest BCUT2D eigenvalue weighted by Gasteiger charge is -2.13. The SMILES string of the molecule is CNS(=O)(=O)c1cc(C(=O)NCc2cccc(NC(C)=O)c2)cc(C)c1C. The molecule has 0 bridgehead atoms. The van der Waals surface area contributed by atoms with E-state index in [0.717, 1.165) is 5.56 Å². The van der Waals surface area contributed by atoms with Crippen molar-refractivity contribution in [2.75, 3.05) is 12.4 Å². The zero-order valence-electron chi connectivity index (χ0n) is 15.7. The highest BCUT2D eigenvalue weighted by molar-refractivity contribution is 7.89. The zero-order chi connectivity index (χ0) is 20.2. The molecule has 2 aromatic rings. The minimum Gasteiger partial charge on any atom is -0.348 e. The van der Waals surface area contributed by atoms with E-state index in [9.17, 15) is 18.0 Å². The van der Waals surface area contributed by atoms with Crippen molar-refractivity contribution in [1.82, 2.24) is 10.0 Å². The monoisotopic (exact) mass is 389 g/mol. The fourth-order valence-electron chi connectivity index (χ4n) is 2.59. The van der Waals surface area contributed by atoms with Crippen LogP contribution in [0.3, 0.4) is 0 Å². The minimum atomic E-state index is -3.66. The summed E-state index contributed by atoms with van der Waals surface area (Å²) in [6, 6.07) is 10.2. The predicted molar refractivity (Wildman–Crippen MR) is 104 cm³/mol. The number of carbonyl (C=O) groups excluding carboxylic acids is 2. The first-order chi connectivity index (χ1) is 12.6. The second-order valence-electron chi connectivity index (χ2n) is 6.19. The van der Waals surface area contributed by atoms with Crippen LogP contribution in [0.4, 0.5) is 5.69 Å². The van der Waals surface area contributed by atoms with Gasteiger partial charge in [-0.2, -0.15) is 0 Å². The molecular weight excluding hydrogens is 366 g/mol. The lowest BCUT2D eigenvalue weighted by Crippen LogP contribution is -2.25. The summed E-state index contributed by atoms with van der Waals surface area (Å²) in [5, 5.41) is 5.46. The molecular formula is C19H23N3O4S. The fraction of sp³-hybridized carbons (Fsp3) is 0.263. The Labute approximate surface area is 159 Å². The van der Waals surface area contributed by atoms with Gasteiger partial charge in [-0.15, -0.1) is 0 Å². The van der Waals surface area contributed by atoms with Gasteiger partial charge in [-0.3, -0.25) is 9.59 Å².